The Kier molecular flexibility index (Phi) is 7.95. The highest BCUT2D eigenvalue weighted by Gasteiger charge is 2.17. The Labute approximate surface area is 206 Å². The number of ketones is 1. The number of nitrogens with one attached hydrogen (secondary N) is 1. The number of thioether (sulfide) groups is 1. The van der Waals surface area contributed by atoms with E-state index in [1.54, 1.807) is 36.4 Å². The van der Waals surface area contributed by atoms with Crippen molar-refractivity contribution in [2.24, 2.45) is 0 Å². The molecule has 0 aliphatic carbocycles. The summed E-state index contributed by atoms with van der Waals surface area (Å²) >= 11 is 7.16. The monoisotopic (exact) mass is 492 g/mol. The van der Waals surface area contributed by atoms with Gasteiger partial charge in [0.25, 0.3) is 0 Å². The van der Waals surface area contributed by atoms with Crippen LogP contribution in [0.3, 0.4) is 0 Å². The fourth-order valence-electron chi connectivity index (χ4n) is 3.10. The largest absolute Gasteiger partial charge is 0.486 e. The van der Waals surface area contributed by atoms with Crippen LogP contribution in [0.4, 0.5) is 5.69 Å². The van der Waals surface area contributed by atoms with E-state index in [2.05, 4.69) is 15.5 Å². The van der Waals surface area contributed by atoms with Gasteiger partial charge in [0, 0.05) is 16.4 Å². The third-order valence-electron chi connectivity index (χ3n) is 4.67. The SMILES string of the molecule is O=C(CSc1nnc(COc2ccc(Cl)cc2)n1-c1ccccc1)CC(=O)Nc1ccccc1. The van der Waals surface area contributed by atoms with Gasteiger partial charge in [-0.05, 0) is 48.5 Å². The number of carbonyl (C=O) groups is 2. The number of Topliss-reactive ketones (excluding diaryl/α,β-unsaturated/α-hetero) is 1. The molecule has 0 saturated heterocycles. The van der Waals surface area contributed by atoms with E-state index in [1.165, 1.54) is 11.8 Å². The number of anilines is 1. The summed E-state index contributed by atoms with van der Waals surface area (Å²) in [5.41, 5.74) is 1.50. The number of hydrogen-bond acceptors (Lipinski definition) is 6. The summed E-state index contributed by atoms with van der Waals surface area (Å²) in [7, 11) is 0. The Morgan fingerprint density at radius 3 is 2.29 bits per heavy atom. The van der Waals surface area contributed by atoms with Crippen LogP contribution >= 0.6 is 23.4 Å². The van der Waals surface area contributed by atoms with Crippen LogP contribution in [0.1, 0.15) is 12.2 Å². The third-order valence-corrected chi connectivity index (χ3v) is 5.91. The molecule has 0 aliphatic heterocycles. The van der Waals surface area contributed by atoms with Crippen molar-refractivity contribution >= 4 is 40.7 Å². The lowest BCUT2D eigenvalue weighted by atomic mass is 10.2. The van der Waals surface area contributed by atoms with E-state index in [4.69, 9.17) is 16.3 Å². The minimum Gasteiger partial charge on any atom is -0.486 e. The second-order valence-electron chi connectivity index (χ2n) is 7.23. The van der Waals surface area contributed by atoms with Crippen LogP contribution < -0.4 is 10.1 Å². The first-order valence-electron chi connectivity index (χ1n) is 10.5. The first kappa shape index (κ1) is 23.5. The number of aromatic nitrogens is 3. The maximum atomic E-state index is 12.4. The van der Waals surface area contributed by atoms with Gasteiger partial charge in [0.2, 0.25) is 5.91 Å². The minimum atomic E-state index is -0.349. The number of amides is 1. The highest BCUT2D eigenvalue weighted by Crippen LogP contribution is 2.24. The zero-order chi connectivity index (χ0) is 23.8. The number of rotatable bonds is 10. The average molecular weight is 493 g/mol. The highest BCUT2D eigenvalue weighted by atomic mass is 35.5. The second-order valence-corrected chi connectivity index (χ2v) is 8.61. The molecule has 4 aromatic rings. The molecule has 0 spiro atoms. The summed E-state index contributed by atoms with van der Waals surface area (Å²) in [6.45, 7) is 0.178. The van der Waals surface area contributed by atoms with Crippen molar-refractivity contribution in [1.82, 2.24) is 14.8 Å². The minimum absolute atomic E-state index is 0.0885. The molecule has 1 N–H and O–H groups in total. The molecule has 0 saturated carbocycles. The van der Waals surface area contributed by atoms with Crippen molar-refractivity contribution in [2.75, 3.05) is 11.1 Å². The van der Waals surface area contributed by atoms with E-state index < -0.39 is 0 Å². The zero-order valence-electron chi connectivity index (χ0n) is 18.1. The van der Waals surface area contributed by atoms with Gasteiger partial charge in [0.05, 0.1) is 12.2 Å². The molecular weight excluding hydrogens is 472 g/mol. The van der Waals surface area contributed by atoms with E-state index in [0.717, 1.165) is 5.69 Å². The average Bonchev–Trinajstić information content (AvgIpc) is 3.26. The van der Waals surface area contributed by atoms with Crippen molar-refractivity contribution in [3.05, 3.63) is 95.8 Å². The van der Waals surface area contributed by atoms with Gasteiger partial charge in [-0.25, -0.2) is 0 Å². The molecule has 4 rings (SSSR count). The molecule has 34 heavy (non-hydrogen) atoms. The van der Waals surface area contributed by atoms with Gasteiger partial charge in [-0.3, -0.25) is 14.2 Å². The van der Waals surface area contributed by atoms with E-state index in [1.807, 2.05) is 53.1 Å². The number of nitrogens with zero attached hydrogens (tertiary/aromatic N) is 3. The number of para-hydroxylation sites is 2. The maximum Gasteiger partial charge on any atom is 0.231 e. The summed E-state index contributed by atoms with van der Waals surface area (Å²) in [5.74, 6) is 0.766. The van der Waals surface area contributed by atoms with Crippen LogP contribution in [-0.4, -0.2) is 32.2 Å². The standard InChI is InChI=1S/C25H21ClN4O3S/c26-18-11-13-22(14-12-18)33-16-23-28-29-25(30(23)20-9-5-2-6-10-20)34-17-21(31)15-24(32)27-19-7-3-1-4-8-19/h1-14H,15-17H2,(H,27,32). The van der Waals surface area contributed by atoms with Crippen LogP contribution in [0.2, 0.25) is 5.02 Å². The van der Waals surface area contributed by atoms with Gasteiger partial charge in [0.1, 0.15) is 12.4 Å². The lowest BCUT2D eigenvalue weighted by Gasteiger charge is -2.11. The maximum absolute atomic E-state index is 12.4. The van der Waals surface area contributed by atoms with Gasteiger partial charge >= 0.3 is 0 Å². The van der Waals surface area contributed by atoms with Gasteiger partial charge < -0.3 is 10.1 Å². The Morgan fingerprint density at radius 2 is 1.59 bits per heavy atom. The first-order valence-corrected chi connectivity index (χ1v) is 11.8. The molecule has 9 heteroatoms. The van der Waals surface area contributed by atoms with E-state index >= 15 is 0 Å². The summed E-state index contributed by atoms with van der Waals surface area (Å²) in [6, 6.07) is 25.7. The van der Waals surface area contributed by atoms with Crippen molar-refractivity contribution in [3.63, 3.8) is 0 Å². The number of carbonyl (C=O) groups excluding carboxylic acids is 2. The number of halogens is 1. The molecule has 7 nitrogen and oxygen atoms in total. The number of benzene rings is 3. The lowest BCUT2D eigenvalue weighted by molar-refractivity contribution is -0.123. The predicted molar refractivity (Wildman–Crippen MR) is 133 cm³/mol. The zero-order valence-corrected chi connectivity index (χ0v) is 19.6. The lowest BCUT2D eigenvalue weighted by Crippen LogP contribution is -2.17. The van der Waals surface area contributed by atoms with Crippen LogP contribution in [0.15, 0.2) is 90.1 Å². The van der Waals surface area contributed by atoms with E-state index in [0.29, 0.717) is 27.4 Å². The topological polar surface area (TPSA) is 86.1 Å². The van der Waals surface area contributed by atoms with Crippen LogP contribution in [0.5, 0.6) is 5.75 Å². The number of hydrogen-bond donors (Lipinski definition) is 1. The second kappa shape index (κ2) is 11.5. The fraction of sp³-hybridized carbons (Fsp3) is 0.120. The first-order chi connectivity index (χ1) is 16.6. The Balaban J connectivity index is 1.42. The predicted octanol–water partition coefficient (Wildman–Crippen LogP) is 5.19. The van der Waals surface area contributed by atoms with Crippen LogP contribution in [0.25, 0.3) is 5.69 Å². The van der Waals surface area contributed by atoms with Crippen molar-refractivity contribution < 1.29 is 14.3 Å². The van der Waals surface area contributed by atoms with Gasteiger partial charge in [-0.2, -0.15) is 0 Å². The van der Waals surface area contributed by atoms with E-state index in [-0.39, 0.29) is 30.5 Å². The van der Waals surface area contributed by atoms with Crippen LogP contribution in [0, 0.1) is 0 Å². The molecule has 0 radical (unpaired) electrons. The Bertz CT molecular complexity index is 1250. The van der Waals surface area contributed by atoms with Crippen molar-refractivity contribution in [1.29, 1.82) is 0 Å². The Morgan fingerprint density at radius 1 is 0.912 bits per heavy atom. The number of ether oxygens (including phenoxy) is 1. The normalized spacial score (nSPS) is 10.6. The van der Waals surface area contributed by atoms with Crippen molar-refractivity contribution in [3.8, 4) is 11.4 Å². The molecule has 172 valence electrons. The highest BCUT2D eigenvalue weighted by molar-refractivity contribution is 7.99. The molecule has 0 bridgehead atoms. The van der Waals surface area contributed by atoms with Gasteiger partial charge in [-0.15, -0.1) is 10.2 Å². The fourth-order valence-corrected chi connectivity index (χ4v) is 4.06. The molecule has 1 heterocycles. The summed E-state index contributed by atoms with van der Waals surface area (Å²) in [6.07, 6.45) is -0.214. The molecule has 0 unspecified atom stereocenters. The molecule has 0 aliphatic rings. The molecule has 0 atom stereocenters. The van der Waals surface area contributed by atoms with Gasteiger partial charge in [0.15, 0.2) is 16.8 Å². The third kappa shape index (κ3) is 6.46. The molecule has 0 fully saturated rings. The summed E-state index contributed by atoms with van der Waals surface area (Å²) in [4.78, 5) is 24.6. The molecule has 3 aromatic carbocycles. The van der Waals surface area contributed by atoms with E-state index in [9.17, 15) is 9.59 Å². The summed E-state index contributed by atoms with van der Waals surface area (Å²) in [5, 5.41) is 12.4. The van der Waals surface area contributed by atoms with Crippen LogP contribution in [-0.2, 0) is 16.2 Å². The van der Waals surface area contributed by atoms with Crippen molar-refractivity contribution in [2.45, 2.75) is 18.2 Å². The summed E-state index contributed by atoms with van der Waals surface area (Å²) < 4.78 is 7.69. The molecule has 1 amide bonds. The molecular formula is C25H21ClN4O3S. The molecule has 1 aromatic heterocycles. The quantitative estimate of drug-likeness (QED) is 0.242. The Hall–Kier alpha value is -3.62. The smallest absolute Gasteiger partial charge is 0.231 e. The van der Waals surface area contributed by atoms with Gasteiger partial charge in [-0.1, -0.05) is 59.8 Å².